The van der Waals surface area contributed by atoms with Crippen molar-refractivity contribution in [3.8, 4) is 11.1 Å². The SMILES string of the molecule is CC(CNC(=O)OCC1c2ccccc2-c2ccccc21)C(=O)NCc1ccccc1CC(=O)O. The predicted molar refractivity (Wildman–Crippen MR) is 132 cm³/mol. The lowest BCUT2D eigenvalue weighted by atomic mass is 9.98. The van der Waals surface area contributed by atoms with Gasteiger partial charge in [0.15, 0.2) is 0 Å². The first-order chi connectivity index (χ1) is 16.9. The number of hydrogen-bond acceptors (Lipinski definition) is 4. The molecule has 3 N–H and O–H groups in total. The fourth-order valence-electron chi connectivity index (χ4n) is 4.40. The van der Waals surface area contributed by atoms with E-state index in [0.29, 0.717) is 5.56 Å². The molecule has 7 nitrogen and oxygen atoms in total. The van der Waals surface area contributed by atoms with Crippen LogP contribution in [-0.4, -0.2) is 36.2 Å². The zero-order valence-corrected chi connectivity index (χ0v) is 19.5. The van der Waals surface area contributed by atoms with Gasteiger partial charge in [0.25, 0.3) is 0 Å². The molecule has 0 heterocycles. The van der Waals surface area contributed by atoms with Gasteiger partial charge in [-0.1, -0.05) is 79.7 Å². The number of aliphatic carboxylic acids is 1. The van der Waals surface area contributed by atoms with Crippen molar-refractivity contribution in [2.24, 2.45) is 5.92 Å². The molecule has 1 atom stereocenters. The van der Waals surface area contributed by atoms with Crippen molar-refractivity contribution in [3.05, 3.63) is 95.1 Å². The molecule has 0 aliphatic heterocycles. The number of carboxylic acid groups (broad SMARTS) is 1. The van der Waals surface area contributed by atoms with E-state index in [2.05, 4.69) is 34.9 Å². The van der Waals surface area contributed by atoms with Crippen LogP contribution >= 0.6 is 0 Å². The molecule has 2 amide bonds. The molecular formula is C28H28N2O5. The molecule has 0 saturated carbocycles. The third-order valence-electron chi connectivity index (χ3n) is 6.26. The van der Waals surface area contributed by atoms with Gasteiger partial charge in [0.05, 0.1) is 12.3 Å². The lowest BCUT2D eigenvalue weighted by Crippen LogP contribution is -2.37. The summed E-state index contributed by atoms with van der Waals surface area (Å²) in [5.41, 5.74) is 6.00. The van der Waals surface area contributed by atoms with Crippen LogP contribution in [0, 0.1) is 5.92 Å². The normalized spacial score (nSPS) is 12.8. The molecule has 0 saturated heterocycles. The van der Waals surface area contributed by atoms with Gasteiger partial charge in [-0.2, -0.15) is 0 Å². The van der Waals surface area contributed by atoms with Crippen LogP contribution in [0.1, 0.15) is 35.1 Å². The first kappa shape index (κ1) is 24.0. The lowest BCUT2D eigenvalue weighted by Gasteiger charge is -2.16. The first-order valence-corrected chi connectivity index (χ1v) is 11.6. The smallest absolute Gasteiger partial charge is 0.407 e. The van der Waals surface area contributed by atoms with E-state index in [4.69, 9.17) is 9.84 Å². The van der Waals surface area contributed by atoms with Crippen LogP contribution in [-0.2, 0) is 27.3 Å². The third-order valence-corrected chi connectivity index (χ3v) is 6.26. The van der Waals surface area contributed by atoms with Gasteiger partial charge in [0.1, 0.15) is 6.61 Å². The number of carbonyl (C=O) groups is 3. The molecular weight excluding hydrogens is 444 g/mol. The second kappa shape index (κ2) is 10.9. The minimum absolute atomic E-state index is 0.0280. The first-order valence-electron chi connectivity index (χ1n) is 11.6. The van der Waals surface area contributed by atoms with E-state index in [9.17, 15) is 14.4 Å². The zero-order chi connectivity index (χ0) is 24.8. The Morgan fingerprint density at radius 1 is 0.857 bits per heavy atom. The average molecular weight is 473 g/mol. The van der Waals surface area contributed by atoms with E-state index < -0.39 is 18.0 Å². The van der Waals surface area contributed by atoms with Crippen molar-refractivity contribution in [3.63, 3.8) is 0 Å². The molecule has 3 aromatic rings. The second-order valence-corrected chi connectivity index (χ2v) is 8.66. The highest BCUT2D eigenvalue weighted by Crippen LogP contribution is 2.44. The summed E-state index contributed by atoms with van der Waals surface area (Å²) in [6, 6.07) is 23.3. The number of ether oxygens (including phenoxy) is 1. The molecule has 7 heteroatoms. The molecule has 0 fully saturated rings. The van der Waals surface area contributed by atoms with Crippen molar-refractivity contribution in [2.75, 3.05) is 13.2 Å². The summed E-state index contributed by atoms with van der Waals surface area (Å²) in [5, 5.41) is 14.5. The summed E-state index contributed by atoms with van der Waals surface area (Å²) in [6.07, 6.45) is -0.677. The standard InChI is InChI=1S/C28H28N2O5/c1-18(27(33)29-16-20-9-3-2-8-19(20)14-26(31)32)15-30-28(34)35-17-25-23-12-6-4-10-21(23)22-11-5-7-13-24(22)25/h2-13,18,25H,14-17H2,1H3,(H,29,33)(H,30,34)(H,31,32). The fraction of sp³-hybridized carbons (Fsp3) is 0.250. The largest absolute Gasteiger partial charge is 0.481 e. The third kappa shape index (κ3) is 5.69. The van der Waals surface area contributed by atoms with Gasteiger partial charge < -0.3 is 20.5 Å². The van der Waals surface area contributed by atoms with Crippen LogP contribution in [0.3, 0.4) is 0 Å². The highest BCUT2D eigenvalue weighted by Gasteiger charge is 2.29. The van der Waals surface area contributed by atoms with Gasteiger partial charge >= 0.3 is 12.1 Å². The molecule has 1 aliphatic rings. The summed E-state index contributed by atoms with van der Waals surface area (Å²) >= 11 is 0. The Kier molecular flexibility index (Phi) is 7.45. The molecule has 180 valence electrons. The fourth-order valence-corrected chi connectivity index (χ4v) is 4.40. The van der Waals surface area contributed by atoms with E-state index >= 15 is 0 Å². The number of benzene rings is 3. The molecule has 0 spiro atoms. The number of carbonyl (C=O) groups excluding carboxylic acids is 2. The van der Waals surface area contributed by atoms with E-state index in [0.717, 1.165) is 27.8 Å². The van der Waals surface area contributed by atoms with E-state index in [-0.39, 0.29) is 37.9 Å². The highest BCUT2D eigenvalue weighted by molar-refractivity contribution is 5.80. The average Bonchev–Trinajstić information content (AvgIpc) is 3.18. The predicted octanol–water partition coefficient (Wildman–Crippen LogP) is 4.10. The van der Waals surface area contributed by atoms with E-state index in [1.165, 1.54) is 0 Å². The Morgan fingerprint density at radius 3 is 2.06 bits per heavy atom. The summed E-state index contributed by atoms with van der Waals surface area (Å²) in [6.45, 7) is 2.26. The molecule has 1 aliphatic carbocycles. The number of fused-ring (bicyclic) bond motifs is 3. The van der Waals surface area contributed by atoms with Gasteiger partial charge in [0.2, 0.25) is 5.91 Å². The Hall–Kier alpha value is -4.13. The maximum Gasteiger partial charge on any atom is 0.407 e. The van der Waals surface area contributed by atoms with Crippen molar-refractivity contribution in [1.82, 2.24) is 10.6 Å². The Balaban J connectivity index is 1.26. The number of hydrogen-bond donors (Lipinski definition) is 3. The highest BCUT2D eigenvalue weighted by atomic mass is 16.5. The van der Waals surface area contributed by atoms with Crippen molar-refractivity contribution >= 4 is 18.0 Å². The Bertz CT molecular complexity index is 1190. The topological polar surface area (TPSA) is 105 Å². The van der Waals surface area contributed by atoms with Crippen LogP contribution in [0.2, 0.25) is 0 Å². The summed E-state index contributed by atoms with van der Waals surface area (Å²) in [4.78, 5) is 35.9. The lowest BCUT2D eigenvalue weighted by molar-refractivity contribution is -0.136. The van der Waals surface area contributed by atoms with Crippen molar-refractivity contribution < 1.29 is 24.2 Å². The van der Waals surface area contributed by atoms with Crippen LogP contribution in [0.25, 0.3) is 11.1 Å². The van der Waals surface area contributed by atoms with Crippen molar-refractivity contribution in [2.45, 2.75) is 25.8 Å². The molecule has 4 rings (SSSR count). The summed E-state index contributed by atoms with van der Waals surface area (Å²) in [7, 11) is 0. The number of nitrogens with one attached hydrogen (secondary N) is 2. The van der Waals surface area contributed by atoms with Crippen LogP contribution < -0.4 is 10.6 Å². The van der Waals surface area contributed by atoms with E-state index in [1.54, 1.807) is 31.2 Å². The zero-order valence-electron chi connectivity index (χ0n) is 19.5. The van der Waals surface area contributed by atoms with Crippen LogP contribution in [0.4, 0.5) is 4.79 Å². The second-order valence-electron chi connectivity index (χ2n) is 8.66. The summed E-state index contributed by atoms with van der Waals surface area (Å²) in [5.74, 6) is -1.68. The molecule has 0 bridgehead atoms. The molecule has 0 aromatic heterocycles. The van der Waals surface area contributed by atoms with Crippen LogP contribution in [0.15, 0.2) is 72.8 Å². The van der Waals surface area contributed by atoms with Gasteiger partial charge in [0, 0.05) is 19.0 Å². The maximum atomic E-state index is 12.5. The Morgan fingerprint density at radius 2 is 1.43 bits per heavy atom. The molecule has 35 heavy (non-hydrogen) atoms. The minimum Gasteiger partial charge on any atom is -0.481 e. The molecule has 1 unspecified atom stereocenters. The van der Waals surface area contributed by atoms with Gasteiger partial charge in [-0.3, -0.25) is 9.59 Å². The monoisotopic (exact) mass is 472 g/mol. The van der Waals surface area contributed by atoms with Gasteiger partial charge in [-0.05, 0) is 33.4 Å². The van der Waals surface area contributed by atoms with E-state index in [1.807, 2.05) is 24.3 Å². The van der Waals surface area contributed by atoms with Crippen LogP contribution in [0.5, 0.6) is 0 Å². The van der Waals surface area contributed by atoms with Crippen molar-refractivity contribution in [1.29, 1.82) is 0 Å². The molecule has 0 radical (unpaired) electrons. The Labute approximate surface area is 204 Å². The molecule has 3 aromatic carbocycles. The van der Waals surface area contributed by atoms with Gasteiger partial charge in [-0.15, -0.1) is 0 Å². The van der Waals surface area contributed by atoms with Gasteiger partial charge in [-0.25, -0.2) is 4.79 Å². The summed E-state index contributed by atoms with van der Waals surface area (Å²) < 4.78 is 5.51. The minimum atomic E-state index is -0.926. The number of rotatable bonds is 9. The quantitative estimate of drug-likeness (QED) is 0.435. The number of carboxylic acids is 1. The number of alkyl carbamates (subject to hydrolysis) is 1. The maximum absolute atomic E-state index is 12.5. The number of amides is 2.